The number of carbonyl (C=O) groups is 1. The molecule has 1 aromatic carbocycles. The van der Waals surface area contributed by atoms with Crippen molar-refractivity contribution in [1.82, 2.24) is 0 Å². The Balaban J connectivity index is 2.10. The molecule has 2 nitrogen and oxygen atoms in total. The number of benzene rings is 1. The molecule has 0 saturated heterocycles. The Morgan fingerprint density at radius 3 is 2.55 bits per heavy atom. The van der Waals surface area contributed by atoms with Crippen LogP contribution in [0.1, 0.15) is 22.2 Å². The molecule has 0 unspecified atom stereocenters. The highest BCUT2D eigenvalue weighted by Gasteiger charge is 2.19. The Morgan fingerprint density at radius 2 is 1.91 bits per heavy atom. The summed E-state index contributed by atoms with van der Waals surface area (Å²) in [6.07, 6.45) is 0. The highest BCUT2D eigenvalue weighted by molar-refractivity contribution is 7.22. The minimum atomic E-state index is -0.245. The molecule has 0 N–H and O–H groups in total. The van der Waals surface area contributed by atoms with Crippen LogP contribution in [0, 0.1) is 6.92 Å². The Hall–Kier alpha value is -1.91. The van der Waals surface area contributed by atoms with Gasteiger partial charge in [-0.3, -0.25) is 0 Å². The second-order valence-corrected chi connectivity index (χ2v) is 6.92. The minimum absolute atomic E-state index is 0.245. The Kier molecular flexibility index (Phi) is 4.41. The molecule has 0 aliphatic heterocycles. The molecule has 22 heavy (non-hydrogen) atoms. The molecule has 0 aliphatic carbocycles. The van der Waals surface area contributed by atoms with Crippen LogP contribution < -0.4 is 0 Å². The van der Waals surface area contributed by atoms with Crippen LogP contribution in [0.15, 0.2) is 47.8 Å². The van der Waals surface area contributed by atoms with E-state index in [1.165, 1.54) is 21.8 Å². The van der Waals surface area contributed by atoms with Gasteiger partial charge in [0.25, 0.3) is 0 Å². The predicted molar refractivity (Wildman–Crippen MR) is 93.8 cm³/mol. The summed E-state index contributed by atoms with van der Waals surface area (Å²) in [6, 6.07) is 14.4. The average molecular weight is 328 g/mol. The third-order valence-corrected chi connectivity index (χ3v) is 5.50. The van der Waals surface area contributed by atoms with Crippen LogP contribution >= 0.6 is 22.7 Å². The van der Waals surface area contributed by atoms with Gasteiger partial charge >= 0.3 is 5.97 Å². The van der Waals surface area contributed by atoms with E-state index in [4.69, 9.17) is 4.74 Å². The van der Waals surface area contributed by atoms with Crippen molar-refractivity contribution in [3.05, 3.63) is 58.3 Å². The largest absolute Gasteiger partial charge is 0.462 e. The summed E-state index contributed by atoms with van der Waals surface area (Å²) in [5.74, 6) is -0.245. The molecule has 0 saturated carbocycles. The van der Waals surface area contributed by atoms with Gasteiger partial charge in [0.15, 0.2) is 0 Å². The summed E-state index contributed by atoms with van der Waals surface area (Å²) in [7, 11) is 0. The van der Waals surface area contributed by atoms with E-state index in [2.05, 4.69) is 43.3 Å². The van der Waals surface area contributed by atoms with E-state index in [0.717, 1.165) is 16.0 Å². The molecule has 3 rings (SSSR count). The van der Waals surface area contributed by atoms with Gasteiger partial charge < -0.3 is 4.74 Å². The minimum Gasteiger partial charge on any atom is -0.462 e. The van der Waals surface area contributed by atoms with Crippen molar-refractivity contribution in [3.63, 3.8) is 0 Å². The van der Waals surface area contributed by atoms with Crippen LogP contribution in [0.4, 0.5) is 0 Å². The fourth-order valence-corrected chi connectivity index (χ4v) is 4.13. The number of rotatable bonds is 4. The van der Waals surface area contributed by atoms with Gasteiger partial charge in [0.1, 0.15) is 4.88 Å². The zero-order valence-corrected chi connectivity index (χ0v) is 14.1. The highest BCUT2D eigenvalue weighted by Crippen LogP contribution is 2.39. The zero-order chi connectivity index (χ0) is 15.5. The van der Waals surface area contributed by atoms with Crippen molar-refractivity contribution >= 4 is 28.6 Å². The maximum absolute atomic E-state index is 12.3. The van der Waals surface area contributed by atoms with E-state index in [1.54, 1.807) is 11.3 Å². The molecule has 4 heteroatoms. The van der Waals surface area contributed by atoms with E-state index < -0.39 is 0 Å². The topological polar surface area (TPSA) is 26.3 Å². The molecule has 0 fully saturated rings. The van der Waals surface area contributed by atoms with E-state index >= 15 is 0 Å². The van der Waals surface area contributed by atoms with Crippen molar-refractivity contribution in [3.8, 4) is 20.9 Å². The monoisotopic (exact) mass is 328 g/mol. The molecular formula is C18H16O2S2. The second-order valence-electron chi connectivity index (χ2n) is 4.92. The van der Waals surface area contributed by atoms with Crippen LogP contribution in [0.2, 0.25) is 0 Å². The molecule has 3 aromatic rings. The zero-order valence-electron chi connectivity index (χ0n) is 12.5. The summed E-state index contributed by atoms with van der Waals surface area (Å²) in [5, 5.41) is 2.05. The van der Waals surface area contributed by atoms with E-state index in [0.29, 0.717) is 11.5 Å². The van der Waals surface area contributed by atoms with Crippen LogP contribution in [-0.2, 0) is 4.74 Å². The number of thiophene rings is 2. The van der Waals surface area contributed by atoms with Gasteiger partial charge in [-0.25, -0.2) is 4.79 Å². The first kappa shape index (κ1) is 15.0. The first-order valence-corrected chi connectivity index (χ1v) is 8.80. The van der Waals surface area contributed by atoms with Crippen molar-refractivity contribution in [2.75, 3.05) is 6.61 Å². The van der Waals surface area contributed by atoms with E-state index in [9.17, 15) is 4.79 Å². The van der Waals surface area contributed by atoms with Crippen molar-refractivity contribution < 1.29 is 9.53 Å². The van der Waals surface area contributed by atoms with Gasteiger partial charge in [-0.05, 0) is 36.9 Å². The Morgan fingerprint density at radius 1 is 1.14 bits per heavy atom. The molecule has 0 aliphatic rings. The lowest BCUT2D eigenvalue weighted by Gasteiger charge is -2.04. The molecular weight excluding hydrogens is 312 g/mol. The third kappa shape index (κ3) is 2.98. The van der Waals surface area contributed by atoms with Crippen molar-refractivity contribution in [1.29, 1.82) is 0 Å². The number of hydrogen-bond acceptors (Lipinski definition) is 4. The highest BCUT2D eigenvalue weighted by atomic mass is 32.1. The SMILES string of the molecule is CCOC(=O)c1sc(-c2cccs2)cc1-c1ccc(C)cc1. The lowest BCUT2D eigenvalue weighted by atomic mass is 10.0. The molecule has 2 aromatic heterocycles. The van der Waals surface area contributed by atoms with Crippen LogP contribution in [0.3, 0.4) is 0 Å². The molecule has 0 atom stereocenters. The maximum Gasteiger partial charge on any atom is 0.348 e. The molecule has 0 bridgehead atoms. The van der Waals surface area contributed by atoms with Crippen molar-refractivity contribution in [2.24, 2.45) is 0 Å². The van der Waals surface area contributed by atoms with Gasteiger partial charge in [0.05, 0.1) is 6.61 Å². The van der Waals surface area contributed by atoms with E-state index in [1.807, 2.05) is 18.4 Å². The Bertz CT molecular complexity index is 768. The molecule has 0 spiro atoms. The van der Waals surface area contributed by atoms with Gasteiger partial charge in [0.2, 0.25) is 0 Å². The first-order chi connectivity index (χ1) is 10.7. The lowest BCUT2D eigenvalue weighted by molar-refractivity contribution is 0.0533. The average Bonchev–Trinajstić information content (AvgIpc) is 3.17. The van der Waals surface area contributed by atoms with Crippen LogP contribution in [0.5, 0.6) is 0 Å². The first-order valence-electron chi connectivity index (χ1n) is 7.11. The summed E-state index contributed by atoms with van der Waals surface area (Å²) in [6.45, 7) is 4.27. The fourth-order valence-electron chi connectivity index (χ4n) is 2.23. The Labute approximate surface area is 138 Å². The summed E-state index contributed by atoms with van der Waals surface area (Å²) in [4.78, 5) is 15.2. The van der Waals surface area contributed by atoms with E-state index in [-0.39, 0.29) is 5.97 Å². The number of esters is 1. The number of ether oxygens (including phenoxy) is 1. The third-order valence-electron chi connectivity index (χ3n) is 3.32. The molecule has 2 heterocycles. The normalized spacial score (nSPS) is 10.6. The summed E-state index contributed by atoms with van der Waals surface area (Å²) >= 11 is 3.18. The van der Waals surface area contributed by atoms with Gasteiger partial charge in [-0.2, -0.15) is 0 Å². The van der Waals surface area contributed by atoms with Gasteiger partial charge in [-0.1, -0.05) is 35.9 Å². The predicted octanol–water partition coefficient (Wildman–Crippen LogP) is 5.63. The fraction of sp³-hybridized carbons (Fsp3) is 0.167. The summed E-state index contributed by atoms with van der Waals surface area (Å²) < 4.78 is 5.22. The maximum atomic E-state index is 12.3. The molecule has 0 amide bonds. The second kappa shape index (κ2) is 6.46. The van der Waals surface area contributed by atoms with Crippen LogP contribution in [0.25, 0.3) is 20.9 Å². The number of aryl methyl sites for hydroxylation is 1. The number of carbonyl (C=O) groups excluding carboxylic acids is 1. The quantitative estimate of drug-likeness (QED) is 0.580. The molecule has 0 radical (unpaired) electrons. The standard InChI is InChI=1S/C18H16O2S2/c1-3-20-18(19)17-14(13-8-6-12(2)7-9-13)11-16(22-17)15-5-4-10-21-15/h4-11H,3H2,1-2H3. The van der Waals surface area contributed by atoms with Gasteiger partial charge in [-0.15, -0.1) is 22.7 Å². The number of hydrogen-bond donors (Lipinski definition) is 0. The smallest absolute Gasteiger partial charge is 0.348 e. The van der Waals surface area contributed by atoms with Gasteiger partial charge in [0, 0.05) is 15.3 Å². The lowest BCUT2D eigenvalue weighted by Crippen LogP contribution is -2.03. The van der Waals surface area contributed by atoms with Crippen LogP contribution in [-0.4, -0.2) is 12.6 Å². The molecule has 112 valence electrons. The summed E-state index contributed by atoms with van der Waals surface area (Å²) in [5.41, 5.74) is 3.20. The van der Waals surface area contributed by atoms with Crippen molar-refractivity contribution in [2.45, 2.75) is 13.8 Å².